The molecule has 1 fully saturated rings. The molecule has 0 unspecified atom stereocenters. The van der Waals surface area contributed by atoms with Crippen LogP contribution in [0, 0.1) is 0 Å². The molecular formula is C10H19NO6S. The van der Waals surface area contributed by atoms with Crippen molar-refractivity contribution in [2.75, 3.05) is 32.7 Å². The molecule has 0 spiro atoms. The lowest BCUT2D eigenvalue weighted by molar-refractivity contribution is -0.147. The second-order valence-corrected chi connectivity index (χ2v) is 6.11. The Morgan fingerprint density at radius 3 is 2.56 bits per heavy atom. The second kappa shape index (κ2) is 6.46. The number of aliphatic carboxylic acids is 1. The topological polar surface area (TPSA) is 102 Å². The van der Waals surface area contributed by atoms with E-state index in [4.69, 9.17) is 9.47 Å². The third-order valence-electron chi connectivity index (χ3n) is 2.87. The highest BCUT2D eigenvalue weighted by molar-refractivity contribution is 7.89. The number of nitrogens with one attached hydrogen (secondary N) is 1. The maximum absolute atomic E-state index is 11.8. The molecule has 1 saturated heterocycles. The minimum absolute atomic E-state index is 0.142. The second-order valence-electron chi connectivity index (χ2n) is 4.27. The molecule has 0 atom stereocenters. The van der Waals surface area contributed by atoms with E-state index in [1.165, 1.54) is 7.11 Å². The van der Waals surface area contributed by atoms with Crippen molar-refractivity contribution in [3.8, 4) is 0 Å². The predicted molar refractivity (Wildman–Crippen MR) is 63.8 cm³/mol. The summed E-state index contributed by atoms with van der Waals surface area (Å²) >= 11 is 0. The van der Waals surface area contributed by atoms with Crippen molar-refractivity contribution in [3.05, 3.63) is 0 Å². The molecule has 2 N–H and O–H groups in total. The monoisotopic (exact) mass is 281 g/mol. The van der Waals surface area contributed by atoms with Crippen LogP contribution < -0.4 is 4.72 Å². The number of carboxylic acid groups (broad SMARTS) is 1. The average Bonchev–Trinajstić information content (AvgIpc) is 2.29. The lowest BCUT2D eigenvalue weighted by Gasteiger charge is -2.33. The first kappa shape index (κ1) is 15.4. The molecule has 1 aliphatic rings. The molecule has 1 heterocycles. The smallest absolute Gasteiger partial charge is 0.325 e. The van der Waals surface area contributed by atoms with E-state index in [9.17, 15) is 18.3 Å². The van der Waals surface area contributed by atoms with Gasteiger partial charge >= 0.3 is 5.97 Å². The number of carbonyl (C=O) groups is 1. The summed E-state index contributed by atoms with van der Waals surface area (Å²) in [5.74, 6) is -1.29. The van der Waals surface area contributed by atoms with Crippen LogP contribution in [-0.4, -0.2) is 57.7 Å². The van der Waals surface area contributed by atoms with Crippen molar-refractivity contribution in [2.45, 2.75) is 24.8 Å². The van der Waals surface area contributed by atoms with Gasteiger partial charge in [0.25, 0.3) is 0 Å². The van der Waals surface area contributed by atoms with Crippen molar-refractivity contribution in [3.63, 3.8) is 0 Å². The third kappa shape index (κ3) is 4.20. The number of sulfonamides is 1. The van der Waals surface area contributed by atoms with Crippen LogP contribution in [0.4, 0.5) is 0 Å². The van der Waals surface area contributed by atoms with E-state index < -0.39 is 21.5 Å². The summed E-state index contributed by atoms with van der Waals surface area (Å²) in [6.07, 6.45) is 0.621. The van der Waals surface area contributed by atoms with Gasteiger partial charge in [0, 0.05) is 39.8 Å². The van der Waals surface area contributed by atoms with Gasteiger partial charge in [-0.1, -0.05) is 0 Å². The maximum Gasteiger partial charge on any atom is 0.325 e. The summed E-state index contributed by atoms with van der Waals surface area (Å²) in [4.78, 5) is 11.3. The summed E-state index contributed by atoms with van der Waals surface area (Å²) in [5.41, 5.74) is -1.43. The highest BCUT2D eigenvalue weighted by Gasteiger charge is 2.43. The first-order valence-corrected chi connectivity index (χ1v) is 7.39. The van der Waals surface area contributed by atoms with Gasteiger partial charge < -0.3 is 14.6 Å². The maximum atomic E-state index is 11.8. The fourth-order valence-electron chi connectivity index (χ4n) is 1.82. The number of ether oxygens (including phenoxy) is 2. The zero-order valence-electron chi connectivity index (χ0n) is 10.3. The minimum atomic E-state index is -3.62. The molecule has 1 rings (SSSR count). The molecular weight excluding hydrogens is 262 g/mol. The Kier molecular flexibility index (Phi) is 5.51. The van der Waals surface area contributed by atoms with Crippen LogP contribution >= 0.6 is 0 Å². The molecule has 18 heavy (non-hydrogen) atoms. The van der Waals surface area contributed by atoms with Crippen molar-refractivity contribution >= 4 is 16.0 Å². The van der Waals surface area contributed by atoms with E-state index in [1.54, 1.807) is 0 Å². The number of methoxy groups -OCH3 is 1. The van der Waals surface area contributed by atoms with Crippen LogP contribution in [0.3, 0.4) is 0 Å². The average molecular weight is 281 g/mol. The van der Waals surface area contributed by atoms with Crippen molar-refractivity contribution in [1.82, 2.24) is 4.72 Å². The third-order valence-corrected chi connectivity index (χ3v) is 4.40. The normalized spacial score (nSPS) is 19.6. The Bertz CT molecular complexity index is 374. The van der Waals surface area contributed by atoms with Gasteiger partial charge in [-0.25, -0.2) is 8.42 Å². The SMILES string of the molecule is COCCCS(=O)(=O)NC1(C(=O)O)CCOCC1. The van der Waals surface area contributed by atoms with Gasteiger partial charge in [0.05, 0.1) is 5.75 Å². The van der Waals surface area contributed by atoms with E-state index in [0.29, 0.717) is 13.0 Å². The van der Waals surface area contributed by atoms with Crippen LogP contribution in [0.1, 0.15) is 19.3 Å². The standard InChI is InChI=1S/C10H19NO6S/c1-16-5-2-8-18(14,15)11-10(9(12)13)3-6-17-7-4-10/h11H,2-8H2,1H3,(H,12,13). The molecule has 0 saturated carbocycles. The van der Waals surface area contributed by atoms with E-state index in [2.05, 4.69) is 4.72 Å². The van der Waals surface area contributed by atoms with Crippen molar-refractivity contribution < 1.29 is 27.8 Å². The number of rotatable bonds is 7. The highest BCUT2D eigenvalue weighted by Crippen LogP contribution is 2.22. The summed E-state index contributed by atoms with van der Waals surface area (Å²) in [6, 6.07) is 0. The zero-order chi connectivity index (χ0) is 13.6. The predicted octanol–water partition coefficient (Wildman–Crippen LogP) is -0.424. The van der Waals surface area contributed by atoms with Gasteiger partial charge in [-0.15, -0.1) is 0 Å². The molecule has 0 aromatic rings. The summed E-state index contributed by atoms with van der Waals surface area (Å²) in [6.45, 7) is 0.809. The van der Waals surface area contributed by atoms with E-state index >= 15 is 0 Å². The highest BCUT2D eigenvalue weighted by atomic mass is 32.2. The summed E-state index contributed by atoms with van der Waals surface area (Å²) in [7, 11) is -2.14. The molecule has 7 nitrogen and oxygen atoms in total. The molecule has 106 valence electrons. The van der Waals surface area contributed by atoms with E-state index in [1.807, 2.05) is 0 Å². The Morgan fingerprint density at radius 1 is 1.44 bits per heavy atom. The summed E-state index contributed by atoms with van der Waals surface area (Å²) < 4.78 is 35.8. The Balaban J connectivity index is 2.68. The van der Waals surface area contributed by atoms with E-state index in [0.717, 1.165) is 0 Å². The van der Waals surface area contributed by atoms with Gasteiger partial charge in [-0.3, -0.25) is 4.79 Å². The molecule has 0 amide bonds. The number of carboxylic acids is 1. The van der Waals surface area contributed by atoms with Gasteiger partial charge in [0.1, 0.15) is 5.54 Å². The number of hydrogen-bond acceptors (Lipinski definition) is 5. The van der Waals surface area contributed by atoms with Crippen molar-refractivity contribution in [2.24, 2.45) is 0 Å². The lowest BCUT2D eigenvalue weighted by Crippen LogP contribution is -2.57. The molecule has 0 aromatic carbocycles. The minimum Gasteiger partial charge on any atom is -0.480 e. The Hall–Kier alpha value is -0.700. The van der Waals surface area contributed by atoms with Crippen LogP contribution in [-0.2, 0) is 24.3 Å². The molecule has 8 heteroatoms. The van der Waals surface area contributed by atoms with Crippen LogP contribution in [0.25, 0.3) is 0 Å². The van der Waals surface area contributed by atoms with Gasteiger partial charge in [0.15, 0.2) is 0 Å². The quantitative estimate of drug-likeness (QED) is 0.614. The van der Waals surface area contributed by atoms with Gasteiger partial charge in [-0.2, -0.15) is 4.72 Å². The molecule has 1 aliphatic heterocycles. The first-order valence-electron chi connectivity index (χ1n) is 5.74. The molecule has 0 aliphatic carbocycles. The fraction of sp³-hybridized carbons (Fsp3) is 0.900. The molecule has 0 aromatic heterocycles. The lowest BCUT2D eigenvalue weighted by atomic mass is 9.92. The Morgan fingerprint density at radius 2 is 2.06 bits per heavy atom. The van der Waals surface area contributed by atoms with Crippen molar-refractivity contribution in [1.29, 1.82) is 0 Å². The van der Waals surface area contributed by atoms with Gasteiger partial charge in [0.2, 0.25) is 10.0 Å². The first-order chi connectivity index (χ1) is 8.42. The molecule has 0 bridgehead atoms. The fourth-order valence-corrected chi connectivity index (χ4v) is 3.31. The van der Waals surface area contributed by atoms with E-state index in [-0.39, 0.29) is 31.8 Å². The molecule has 0 radical (unpaired) electrons. The van der Waals surface area contributed by atoms with Gasteiger partial charge in [-0.05, 0) is 6.42 Å². The number of hydrogen-bond donors (Lipinski definition) is 2. The van der Waals surface area contributed by atoms with Crippen LogP contribution in [0.15, 0.2) is 0 Å². The largest absolute Gasteiger partial charge is 0.480 e. The zero-order valence-corrected chi connectivity index (χ0v) is 11.2. The van der Waals surface area contributed by atoms with Crippen LogP contribution in [0.2, 0.25) is 0 Å². The van der Waals surface area contributed by atoms with Crippen LogP contribution in [0.5, 0.6) is 0 Å². The summed E-state index contributed by atoms with van der Waals surface area (Å²) in [5, 5.41) is 9.22. The Labute approximate surface area is 107 Å².